The Bertz CT molecular complexity index is 326. The van der Waals surface area contributed by atoms with E-state index < -0.39 is 0 Å². The molecule has 1 rings (SSSR count). The summed E-state index contributed by atoms with van der Waals surface area (Å²) in [6.45, 7) is 6.29. The molecule has 0 saturated heterocycles. The summed E-state index contributed by atoms with van der Waals surface area (Å²) in [4.78, 5) is 0. The summed E-state index contributed by atoms with van der Waals surface area (Å²) < 4.78 is 5.17. The van der Waals surface area contributed by atoms with Crippen molar-refractivity contribution in [2.75, 3.05) is 20.3 Å². The molecule has 2 unspecified atom stereocenters. The molecule has 1 N–H and O–H groups in total. The van der Waals surface area contributed by atoms with Crippen LogP contribution in [0.25, 0.3) is 0 Å². The molecule has 18 heavy (non-hydrogen) atoms. The van der Waals surface area contributed by atoms with Gasteiger partial charge in [-0.05, 0) is 43.0 Å². The van der Waals surface area contributed by atoms with E-state index in [0.717, 1.165) is 31.0 Å². The predicted octanol–water partition coefficient (Wildman–Crippen LogP) is 4.05. The third-order valence-electron chi connectivity index (χ3n) is 3.19. The number of hydrogen-bond donors (Lipinski definition) is 1. The molecule has 1 aromatic rings. The van der Waals surface area contributed by atoms with Crippen molar-refractivity contribution in [3.63, 3.8) is 0 Å². The van der Waals surface area contributed by atoms with E-state index in [1.807, 2.05) is 12.1 Å². The first kappa shape index (κ1) is 15.5. The molecule has 2 atom stereocenters. The zero-order chi connectivity index (χ0) is 13.4. The number of benzene rings is 1. The zero-order valence-corrected chi connectivity index (χ0v) is 12.3. The second-order valence-corrected chi connectivity index (χ2v) is 5.18. The number of ether oxygens (including phenoxy) is 1. The average molecular weight is 270 g/mol. The molecule has 0 heterocycles. The van der Waals surface area contributed by atoms with Crippen molar-refractivity contribution in [1.82, 2.24) is 5.32 Å². The van der Waals surface area contributed by atoms with Gasteiger partial charge in [0.1, 0.15) is 0 Å². The standard InChI is InChI=1S/C15H24ClNO/c1-4-10-17-15(12(2)9-11-18-3)13-5-7-14(16)8-6-13/h5-8,12,15,17H,4,9-11H2,1-3H3. The monoisotopic (exact) mass is 269 g/mol. The first-order chi connectivity index (χ1) is 8.69. The first-order valence-corrected chi connectivity index (χ1v) is 7.04. The van der Waals surface area contributed by atoms with Gasteiger partial charge in [0.05, 0.1) is 0 Å². The summed E-state index contributed by atoms with van der Waals surface area (Å²) in [7, 11) is 1.75. The van der Waals surface area contributed by atoms with Gasteiger partial charge in [-0.2, -0.15) is 0 Å². The molecule has 102 valence electrons. The van der Waals surface area contributed by atoms with Crippen LogP contribution < -0.4 is 5.32 Å². The maximum Gasteiger partial charge on any atom is 0.0465 e. The Balaban J connectivity index is 2.73. The zero-order valence-electron chi connectivity index (χ0n) is 11.6. The van der Waals surface area contributed by atoms with Crippen LogP contribution in [-0.4, -0.2) is 20.3 Å². The lowest BCUT2D eigenvalue weighted by atomic mass is 9.92. The number of rotatable bonds is 8. The lowest BCUT2D eigenvalue weighted by Gasteiger charge is -2.25. The Morgan fingerprint density at radius 2 is 1.94 bits per heavy atom. The number of nitrogens with one attached hydrogen (secondary N) is 1. The van der Waals surface area contributed by atoms with Crippen LogP contribution in [-0.2, 0) is 4.74 Å². The molecule has 0 aliphatic heterocycles. The van der Waals surface area contributed by atoms with Crippen LogP contribution in [0.1, 0.15) is 38.3 Å². The van der Waals surface area contributed by atoms with E-state index in [2.05, 4.69) is 31.3 Å². The minimum absolute atomic E-state index is 0.373. The Hall–Kier alpha value is -0.570. The maximum absolute atomic E-state index is 5.94. The van der Waals surface area contributed by atoms with Crippen LogP contribution in [0.5, 0.6) is 0 Å². The average Bonchev–Trinajstić information content (AvgIpc) is 2.38. The minimum Gasteiger partial charge on any atom is -0.385 e. The fraction of sp³-hybridized carbons (Fsp3) is 0.600. The molecule has 0 amide bonds. The largest absolute Gasteiger partial charge is 0.385 e. The molecule has 0 bridgehead atoms. The van der Waals surface area contributed by atoms with Crippen molar-refractivity contribution in [3.8, 4) is 0 Å². The topological polar surface area (TPSA) is 21.3 Å². The summed E-state index contributed by atoms with van der Waals surface area (Å²) in [5, 5.41) is 4.40. The van der Waals surface area contributed by atoms with Gasteiger partial charge in [0.15, 0.2) is 0 Å². The summed E-state index contributed by atoms with van der Waals surface area (Å²) in [6, 6.07) is 8.51. The highest BCUT2D eigenvalue weighted by atomic mass is 35.5. The molecular formula is C15H24ClNO. The molecule has 0 spiro atoms. The molecule has 3 heteroatoms. The van der Waals surface area contributed by atoms with E-state index in [9.17, 15) is 0 Å². The van der Waals surface area contributed by atoms with Crippen LogP contribution in [0, 0.1) is 5.92 Å². The SMILES string of the molecule is CCCNC(c1ccc(Cl)cc1)C(C)CCOC. The summed E-state index contributed by atoms with van der Waals surface area (Å²) >= 11 is 5.94. The third-order valence-corrected chi connectivity index (χ3v) is 3.44. The normalized spacial score (nSPS) is 14.4. The van der Waals surface area contributed by atoms with Crippen LogP contribution in [0.15, 0.2) is 24.3 Å². The van der Waals surface area contributed by atoms with Crippen LogP contribution in [0.4, 0.5) is 0 Å². The molecule has 0 fully saturated rings. The van der Waals surface area contributed by atoms with Gasteiger partial charge in [0.2, 0.25) is 0 Å². The van der Waals surface area contributed by atoms with Gasteiger partial charge in [-0.3, -0.25) is 0 Å². The summed E-state index contributed by atoms with van der Waals surface area (Å²) in [5.74, 6) is 0.540. The molecule has 0 aliphatic rings. The molecule has 1 aromatic carbocycles. The molecule has 0 radical (unpaired) electrons. The number of hydrogen-bond acceptors (Lipinski definition) is 2. The molecule has 0 aliphatic carbocycles. The lowest BCUT2D eigenvalue weighted by molar-refractivity contribution is 0.170. The van der Waals surface area contributed by atoms with Gasteiger partial charge in [0.25, 0.3) is 0 Å². The molecule has 2 nitrogen and oxygen atoms in total. The second kappa shape index (κ2) is 8.52. The Kier molecular flexibility index (Phi) is 7.33. The van der Waals surface area contributed by atoms with Crippen molar-refractivity contribution >= 4 is 11.6 Å². The van der Waals surface area contributed by atoms with Crippen molar-refractivity contribution in [2.45, 2.75) is 32.7 Å². The van der Waals surface area contributed by atoms with Gasteiger partial charge in [-0.15, -0.1) is 0 Å². The lowest BCUT2D eigenvalue weighted by Crippen LogP contribution is -2.28. The molecule has 0 aromatic heterocycles. The maximum atomic E-state index is 5.94. The Morgan fingerprint density at radius 1 is 1.28 bits per heavy atom. The first-order valence-electron chi connectivity index (χ1n) is 6.66. The van der Waals surface area contributed by atoms with Crippen molar-refractivity contribution in [2.24, 2.45) is 5.92 Å². The highest BCUT2D eigenvalue weighted by Gasteiger charge is 2.18. The number of halogens is 1. The molecular weight excluding hydrogens is 246 g/mol. The fourth-order valence-electron chi connectivity index (χ4n) is 2.09. The fourth-order valence-corrected chi connectivity index (χ4v) is 2.21. The number of methoxy groups -OCH3 is 1. The second-order valence-electron chi connectivity index (χ2n) is 4.74. The van der Waals surface area contributed by atoms with Gasteiger partial charge in [0, 0.05) is 24.8 Å². The van der Waals surface area contributed by atoms with E-state index in [0.29, 0.717) is 12.0 Å². The highest BCUT2D eigenvalue weighted by Crippen LogP contribution is 2.25. The van der Waals surface area contributed by atoms with Crippen LogP contribution >= 0.6 is 11.6 Å². The Morgan fingerprint density at radius 3 is 2.50 bits per heavy atom. The van der Waals surface area contributed by atoms with Gasteiger partial charge in [-0.25, -0.2) is 0 Å². The van der Waals surface area contributed by atoms with Gasteiger partial charge >= 0.3 is 0 Å². The van der Waals surface area contributed by atoms with Gasteiger partial charge < -0.3 is 10.1 Å². The van der Waals surface area contributed by atoms with Crippen molar-refractivity contribution in [3.05, 3.63) is 34.9 Å². The highest BCUT2D eigenvalue weighted by molar-refractivity contribution is 6.30. The minimum atomic E-state index is 0.373. The van der Waals surface area contributed by atoms with Crippen molar-refractivity contribution in [1.29, 1.82) is 0 Å². The third kappa shape index (κ3) is 4.97. The van der Waals surface area contributed by atoms with E-state index in [1.54, 1.807) is 7.11 Å². The molecule has 0 saturated carbocycles. The summed E-state index contributed by atoms with van der Waals surface area (Å²) in [5.41, 5.74) is 1.30. The van der Waals surface area contributed by atoms with E-state index in [4.69, 9.17) is 16.3 Å². The van der Waals surface area contributed by atoms with E-state index in [-0.39, 0.29) is 0 Å². The van der Waals surface area contributed by atoms with Gasteiger partial charge in [-0.1, -0.05) is 37.6 Å². The summed E-state index contributed by atoms with van der Waals surface area (Å²) in [6.07, 6.45) is 2.20. The van der Waals surface area contributed by atoms with Crippen LogP contribution in [0.3, 0.4) is 0 Å². The quantitative estimate of drug-likeness (QED) is 0.769. The van der Waals surface area contributed by atoms with Crippen LogP contribution in [0.2, 0.25) is 5.02 Å². The van der Waals surface area contributed by atoms with Crippen molar-refractivity contribution < 1.29 is 4.74 Å². The Labute approximate surface area is 116 Å². The smallest absolute Gasteiger partial charge is 0.0465 e. The van der Waals surface area contributed by atoms with E-state index >= 15 is 0 Å². The van der Waals surface area contributed by atoms with E-state index in [1.165, 1.54) is 5.56 Å². The predicted molar refractivity (Wildman–Crippen MR) is 78.1 cm³/mol.